The van der Waals surface area contributed by atoms with Gasteiger partial charge in [-0.3, -0.25) is 4.79 Å². The Kier molecular flexibility index (Phi) is 4.22. The molecule has 0 unspecified atom stereocenters. The summed E-state index contributed by atoms with van der Waals surface area (Å²) in [7, 11) is 1.45. The van der Waals surface area contributed by atoms with Gasteiger partial charge in [-0.25, -0.2) is 4.98 Å². The van der Waals surface area contributed by atoms with Gasteiger partial charge < -0.3 is 9.64 Å². The van der Waals surface area contributed by atoms with Crippen LogP contribution in [0.15, 0.2) is 16.6 Å². The van der Waals surface area contributed by atoms with Gasteiger partial charge >= 0.3 is 5.97 Å². The van der Waals surface area contributed by atoms with E-state index in [1.807, 2.05) is 19.1 Å². The number of pyridine rings is 1. The number of aryl methyl sites for hydroxylation is 1. The van der Waals surface area contributed by atoms with Crippen molar-refractivity contribution in [2.45, 2.75) is 19.8 Å². The van der Waals surface area contributed by atoms with Gasteiger partial charge in [0.1, 0.15) is 5.82 Å². The summed E-state index contributed by atoms with van der Waals surface area (Å²) in [6.07, 6.45) is 1.66. The monoisotopic (exact) mass is 312 g/mol. The second kappa shape index (κ2) is 5.69. The molecule has 0 radical (unpaired) electrons. The SMILES string of the molecule is COC(=O)C1CCN(c2nc(C)ccc2Br)CC1. The highest BCUT2D eigenvalue weighted by Gasteiger charge is 2.26. The van der Waals surface area contributed by atoms with Crippen LogP contribution in [0.1, 0.15) is 18.5 Å². The predicted molar refractivity (Wildman–Crippen MR) is 73.6 cm³/mol. The minimum Gasteiger partial charge on any atom is -0.469 e. The van der Waals surface area contributed by atoms with Gasteiger partial charge in [-0.05, 0) is 47.8 Å². The molecule has 2 heterocycles. The third kappa shape index (κ3) is 2.83. The average molecular weight is 313 g/mol. The van der Waals surface area contributed by atoms with Crippen LogP contribution < -0.4 is 4.90 Å². The average Bonchev–Trinajstić information content (AvgIpc) is 2.41. The van der Waals surface area contributed by atoms with Gasteiger partial charge in [0.15, 0.2) is 0 Å². The maximum absolute atomic E-state index is 11.5. The molecule has 18 heavy (non-hydrogen) atoms. The number of halogens is 1. The van der Waals surface area contributed by atoms with Gasteiger partial charge in [0, 0.05) is 18.8 Å². The summed E-state index contributed by atoms with van der Waals surface area (Å²) in [4.78, 5) is 18.2. The Morgan fingerprint density at radius 3 is 2.72 bits per heavy atom. The summed E-state index contributed by atoms with van der Waals surface area (Å²) in [5.74, 6) is 0.916. The molecule has 5 heteroatoms. The molecule has 98 valence electrons. The highest BCUT2D eigenvalue weighted by atomic mass is 79.9. The second-order valence-corrected chi connectivity index (χ2v) is 5.40. The largest absolute Gasteiger partial charge is 0.469 e. The fourth-order valence-electron chi connectivity index (χ4n) is 2.24. The van der Waals surface area contributed by atoms with Gasteiger partial charge in [0.05, 0.1) is 17.5 Å². The molecule has 0 atom stereocenters. The first-order valence-electron chi connectivity index (χ1n) is 6.07. The van der Waals surface area contributed by atoms with Gasteiger partial charge in [-0.2, -0.15) is 0 Å². The Labute approximate surface area is 115 Å². The van der Waals surface area contributed by atoms with Crippen molar-refractivity contribution in [1.82, 2.24) is 4.98 Å². The molecule has 1 aliphatic heterocycles. The molecule has 1 aromatic heterocycles. The van der Waals surface area contributed by atoms with Crippen molar-refractivity contribution >= 4 is 27.7 Å². The summed E-state index contributed by atoms with van der Waals surface area (Å²) >= 11 is 3.53. The number of hydrogen-bond acceptors (Lipinski definition) is 4. The molecule has 1 saturated heterocycles. The fourth-order valence-corrected chi connectivity index (χ4v) is 2.71. The first-order chi connectivity index (χ1) is 8.61. The number of hydrogen-bond donors (Lipinski definition) is 0. The van der Waals surface area contributed by atoms with Crippen molar-refractivity contribution in [3.05, 3.63) is 22.3 Å². The van der Waals surface area contributed by atoms with Crippen LogP contribution in [0.25, 0.3) is 0 Å². The number of carbonyl (C=O) groups is 1. The second-order valence-electron chi connectivity index (χ2n) is 4.54. The molecular weight excluding hydrogens is 296 g/mol. The Bertz CT molecular complexity index is 443. The molecule has 0 aromatic carbocycles. The smallest absolute Gasteiger partial charge is 0.308 e. The summed E-state index contributed by atoms with van der Waals surface area (Å²) in [5, 5.41) is 0. The molecule has 1 aromatic rings. The molecule has 0 aliphatic carbocycles. The first-order valence-corrected chi connectivity index (χ1v) is 6.87. The summed E-state index contributed by atoms with van der Waals surface area (Å²) in [5.41, 5.74) is 1.00. The number of piperidine rings is 1. The Morgan fingerprint density at radius 1 is 1.44 bits per heavy atom. The number of nitrogens with zero attached hydrogens (tertiary/aromatic N) is 2. The highest BCUT2D eigenvalue weighted by Crippen LogP contribution is 2.28. The van der Waals surface area contributed by atoms with Crippen molar-refractivity contribution in [3.63, 3.8) is 0 Å². The molecule has 0 amide bonds. The van der Waals surface area contributed by atoms with Crippen LogP contribution in [0.4, 0.5) is 5.82 Å². The third-order valence-electron chi connectivity index (χ3n) is 3.30. The molecule has 0 saturated carbocycles. The van der Waals surface area contributed by atoms with Crippen LogP contribution >= 0.6 is 15.9 Å². The van der Waals surface area contributed by atoms with E-state index in [0.717, 1.165) is 41.9 Å². The van der Waals surface area contributed by atoms with E-state index >= 15 is 0 Å². The first kappa shape index (κ1) is 13.3. The van der Waals surface area contributed by atoms with E-state index in [0.29, 0.717) is 0 Å². The van der Waals surface area contributed by atoms with Crippen LogP contribution in [0.5, 0.6) is 0 Å². The number of ether oxygens (including phenoxy) is 1. The standard InChI is InChI=1S/C13H17BrN2O2/c1-9-3-4-11(14)12(15-9)16-7-5-10(6-8-16)13(17)18-2/h3-4,10H,5-8H2,1-2H3. The molecule has 1 fully saturated rings. The topological polar surface area (TPSA) is 42.4 Å². The van der Waals surface area contributed by atoms with Crippen LogP contribution in [-0.4, -0.2) is 31.2 Å². The van der Waals surface area contributed by atoms with Crippen molar-refractivity contribution in [2.24, 2.45) is 5.92 Å². The van der Waals surface area contributed by atoms with E-state index in [1.165, 1.54) is 7.11 Å². The number of esters is 1. The van der Waals surface area contributed by atoms with Crippen molar-refractivity contribution in [2.75, 3.05) is 25.1 Å². The zero-order valence-corrected chi connectivity index (χ0v) is 12.2. The van der Waals surface area contributed by atoms with E-state index in [-0.39, 0.29) is 11.9 Å². The van der Waals surface area contributed by atoms with Gasteiger partial charge in [-0.15, -0.1) is 0 Å². The minimum absolute atomic E-state index is 0.0369. The van der Waals surface area contributed by atoms with E-state index in [4.69, 9.17) is 4.74 Å². The number of carbonyl (C=O) groups excluding carboxylic acids is 1. The zero-order chi connectivity index (χ0) is 13.1. The maximum atomic E-state index is 11.5. The lowest BCUT2D eigenvalue weighted by Gasteiger charge is -2.32. The summed E-state index contributed by atoms with van der Waals surface area (Å²) in [6, 6.07) is 4.00. The number of aromatic nitrogens is 1. The molecule has 0 N–H and O–H groups in total. The van der Waals surface area contributed by atoms with Gasteiger partial charge in [0.2, 0.25) is 0 Å². The zero-order valence-electron chi connectivity index (χ0n) is 10.6. The number of rotatable bonds is 2. The van der Waals surface area contributed by atoms with Crippen LogP contribution in [-0.2, 0) is 9.53 Å². The Balaban J connectivity index is 2.05. The van der Waals surface area contributed by atoms with Crippen LogP contribution in [0.3, 0.4) is 0 Å². The normalized spacial score (nSPS) is 16.7. The molecule has 0 bridgehead atoms. The number of anilines is 1. The Morgan fingerprint density at radius 2 is 2.11 bits per heavy atom. The van der Waals surface area contributed by atoms with E-state index in [2.05, 4.69) is 25.8 Å². The van der Waals surface area contributed by atoms with E-state index in [9.17, 15) is 4.79 Å². The van der Waals surface area contributed by atoms with Gasteiger partial charge in [-0.1, -0.05) is 0 Å². The van der Waals surface area contributed by atoms with Crippen molar-refractivity contribution < 1.29 is 9.53 Å². The van der Waals surface area contributed by atoms with E-state index in [1.54, 1.807) is 0 Å². The quantitative estimate of drug-likeness (QED) is 0.787. The maximum Gasteiger partial charge on any atom is 0.308 e. The highest BCUT2D eigenvalue weighted by molar-refractivity contribution is 9.10. The van der Waals surface area contributed by atoms with Crippen molar-refractivity contribution in [3.8, 4) is 0 Å². The Hall–Kier alpha value is -1.10. The van der Waals surface area contributed by atoms with Gasteiger partial charge in [0.25, 0.3) is 0 Å². The molecule has 1 aliphatic rings. The lowest BCUT2D eigenvalue weighted by molar-refractivity contribution is -0.146. The van der Waals surface area contributed by atoms with Crippen molar-refractivity contribution in [1.29, 1.82) is 0 Å². The minimum atomic E-state index is -0.0917. The molecule has 4 nitrogen and oxygen atoms in total. The van der Waals surface area contributed by atoms with Crippen LogP contribution in [0.2, 0.25) is 0 Å². The summed E-state index contributed by atoms with van der Waals surface area (Å²) in [6.45, 7) is 3.67. The lowest BCUT2D eigenvalue weighted by Crippen LogP contribution is -2.37. The molecular formula is C13H17BrN2O2. The molecule has 0 spiro atoms. The third-order valence-corrected chi connectivity index (χ3v) is 3.91. The summed E-state index contributed by atoms with van der Waals surface area (Å²) < 4.78 is 5.80. The molecule has 2 rings (SSSR count). The predicted octanol–water partition coefficient (Wildman–Crippen LogP) is 2.54. The fraction of sp³-hybridized carbons (Fsp3) is 0.538. The number of methoxy groups -OCH3 is 1. The van der Waals surface area contributed by atoms with Crippen LogP contribution in [0, 0.1) is 12.8 Å². The van der Waals surface area contributed by atoms with E-state index < -0.39 is 0 Å². The lowest BCUT2D eigenvalue weighted by atomic mass is 9.97.